The van der Waals surface area contributed by atoms with Gasteiger partial charge in [0.25, 0.3) is 0 Å². The summed E-state index contributed by atoms with van der Waals surface area (Å²) in [7, 11) is -3.95. The average Bonchev–Trinajstić information content (AvgIpc) is 2.19. The second-order valence-electron chi connectivity index (χ2n) is 3.10. The quantitative estimate of drug-likeness (QED) is 0.894. The average molecular weight is 266 g/mol. The van der Waals surface area contributed by atoms with E-state index < -0.39 is 15.8 Å². The summed E-state index contributed by atoms with van der Waals surface area (Å²) in [6.07, 6.45) is 0. The lowest BCUT2D eigenvalue weighted by Crippen LogP contribution is -2.28. The van der Waals surface area contributed by atoms with Crippen LogP contribution in [0.5, 0.6) is 0 Å². The molecule has 1 aromatic rings. The third-order valence-corrected chi connectivity index (χ3v) is 3.58. The summed E-state index contributed by atoms with van der Waals surface area (Å²) in [6.45, 7) is 0.880. The molecule has 16 heavy (non-hydrogen) atoms. The molecule has 1 aromatic carbocycles. The van der Waals surface area contributed by atoms with Crippen molar-refractivity contribution in [3.8, 4) is 0 Å². The number of nitrogens with one attached hydrogen (secondary N) is 1. The topological polar surface area (TPSA) is 63.2 Å². The highest BCUT2D eigenvalue weighted by Gasteiger charge is 2.18. The summed E-state index contributed by atoms with van der Waals surface area (Å²) in [6, 6.07) is 2.98. The number of benzene rings is 1. The van der Waals surface area contributed by atoms with Gasteiger partial charge in [0.1, 0.15) is 16.5 Å². The van der Waals surface area contributed by atoms with E-state index in [4.69, 9.17) is 11.6 Å². The molecule has 0 spiro atoms. The van der Waals surface area contributed by atoms with Gasteiger partial charge in [-0.1, -0.05) is 11.6 Å². The summed E-state index contributed by atoms with van der Waals surface area (Å²) in [4.78, 5) is 10.3. The number of hydrogen-bond donors (Lipinski definition) is 1. The van der Waals surface area contributed by atoms with Crippen LogP contribution in [0.4, 0.5) is 4.39 Å². The molecule has 0 atom stereocenters. The normalized spacial score (nSPS) is 11.4. The van der Waals surface area contributed by atoms with Gasteiger partial charge in [0.2, 0.25) is 10.0 Å². The standard InChI is InChI=1S/C9H9ClFNO3S/c1-6(13)5-12-16(14,15)9-4-7(11)2-3-8(9)10/h2-4,12H,5H2,1H3. The lowest BCUT2D eigenvalue weighted by Gasteiger charge is -2.06. The molecule has 0 bridgehead atoms. The van der Waals surface area contributed by atoms with Crippen LogP contribution in [0.2, 0.25) is 5.02 Å². The molecular weight excluding hydrogens is 257 g/mol. The number of rotatable bonds is 4. The zero-order chi connectivity index (χ0) is 12.3. The molecule has 0 aromatic heterocycles. The Morgan fingerprint density at radius 2 is 2.12 bits per heavy atom. The number of carbonyl (C=O) groups is 1. The van der Waals surface area contributed by atoms with E-state index in [9.17, 15) is 17.6 Å². The molecule has 0 aliphatic rings. The van der Waals surface area contributed by atoms with Crippen LogP contribution in [0.15, 0.2) is 23.1 Å². The van der Waals surface area contributed by atoms with Crippen molar-refractivity contribution in [2.45, 2.75) is 11.8 Å². The summed E-state index contributed by atoms with van der Waals surface area (Å²) in [5, 5.41) is -0.0996. The van der Waals surface area contributed by atoms with Gasteiger partial charge in [-0.15, -0.1) is 0 Å². The molecule has 0 saturated carbocycles. The van der Waals surface area contributed by atoms with Gasteiger partial charge < -0.3 is 0 Å². The predicted octanol–water partition coefficient (Wildman–Crippen LogP) is 1.35. The molecule has 0 saturated heterocycles. The summed E-state index contributed by atoms with van der Waals surface area (Å²) >= 11 is 5.63. The predicted molar refractivity (Wildman–Crippen MR) is 57.3 cm³/mol. The van der Waals surface area contributed by atoms with Crippen molar-refractivity contribution < 1.29 is 17.6 Å². The van der Waals surface area contributed by atoms with Gasteiger partial charge in [-0.2, -0.15) is 0 Å². The van der Waals surface area contributed by atoms with Gasteiger partial charge in [-0.05, 0) is 25.1 Å². The molecule has 4 nitrogen and oxygen atoms in total. The Bertz CT molecular complexity index is 515. The minimum absolute atomic E-state index is 0.0996. The van der Waals surface area contributed by atoms with Gasteiger partial charge in [0.15, 0.2) is 0 Å². The summed E-state index contributed by atoms with van der Waals surface area (Å²) in [5.74, 6) is -1.07. The van der Waals surface area contributed by atoms with Crippen molar-refractivity contribution in [2.24, 2.45) is 0 Å². The van der Waals surface area contributed by atoms with Crippen molar-refractivity contribution in [2.75, 3.05) is 6.54 Å². The van der Waals surface area contributed by atoms with Crippen LogP contribution in [0, 0.1) is 5.82 Å². The van der Waals surface area contributed by atoms with Crippen molar-refractivity contribution in [3.63, 3.8) is 0 Å². The Morgan fingerprint density at radius 3 is 2.69 bits per heavy atom. The van der Waals surface area contributed by atoms with E-state index >= 15 is 0 Å². The first-order valence-corrected chi connectivity index (χ1v) is 6.13. The van der Waals surface area contributed by atoms with E-state index in [0.29, 0.717) is 0 Å². The minimum Gasteiger partial charge on any atom is -0.299 e. The lowest BCUT2D eigenvalue weighted by molar-refractivity contribution is -0.115. The van der Waals surface area contributed by atoms with E-state index in [1.807, 2.05) is 4.72 Å². The van der Waals surface area contributed by atoms with E-state index in [1.54, 1.807) is 0 Å². The first kappa shape index (κ1) is 13.1. The molecule has 0 amide bonds. The maximum atomic E-state index is 12.9. The Balaban J connectivity index is 3.07. The van der Waals surface area contributed by atoms with Gasteiger partial charge in [-0.25, -0.2) is 17.5 Å². The van der Waals surface area contributed by atoms with Crippen LogP contribution < -0.4 is 4.72 Å². The van der Waals surface area contributed by atoms with Gasteiger partial charge in [0, 0.05) is 0 Å². The lowest BCUT2D eigenvalue weighted by atomic mass is 10.3. The van der Waals surface area contributed by atoms with Gasteiger partial charge in [0.05, 0.1) is 11.6 Å². The fourth-order valence-electron chi connectivity index (χ4n) is 0.958. The van der Waals surface area contributed by atoms with Crippen LogP contribution in [-0.2, 0) is 14.8 Å². The third-order valence-electron chi connectivity index (χ3n) is 1.69. The van der Waals surface area contributed by atoms with E-state index in [-0.39, 0.29) is 22.2 Å². The van der Waals surface area contributed by atoms with Gasteiger partial charge >= 0.3 is 0 Å². The molecule has 1 N–H and O–H groups in total. The van der Waals surface area contributed by atoms with E-state index in [1.165, 1.54) is 6.92 Å². The minimum atomic E-state index is -3.95. The first-order chi connectivity index (χ1) is 7.33. The Hall–Kier alpha value is -0.980. The molecule has 0 aliphatic carbocycles. The third kappa shape index (κ3) is 3.26. The highest BCUT2D eigenvalue weighted by atomic mass is 35.5. The van der Waals surface area contributed by atoms with Gasteiger partial charge in [-0.3, -0.25) is 4.79 Å². The molecule has 0 unspecified atom stereocenters. The zero-order valence-electron chi connectivity index (χ0n) is 8.33. The van der Waals surface area contributed by atoms with Crippen molar-refractivity contribution >= 4 is 27.4 Å². The molecule has 0 aliphatic heterocycles. The molecule has 7 heteroatoms. The monoisotopic (exact) mass is 265 g/mol. The fraction of sp³-hybridized carbons (Fsp3) is 0.222. The number of Topliss-reactive ketones (excluding diaryl/α,β-unsaturated/α-hetero) is 1. The molecule has 1 rings (SSSR count). The Labute approximate surface area is 97.5 Å². The smallest absolute Gasteiger partial charge is 0.242 e. The first-order valence-electron chi connectivity index (χ1n) is 4.27. The summed E-state index contributed by atoms with van der Waals surface area (Å²) < 4.78 is 38.1. The SMILES string of the molecule is CC(=O)CNS(=O)(=O)c1cc(F)ccc1Cl. The highest BCUT2D eigenvalue weighted by molar-refractivity contribution is 7.89. The number of halogens is 2. The number of hydrogen-bond acceptors (Lipinski definition) is 3. The van der Waals surface area contributed by atoms with Crippen molar-refractivity contribution in [1.82, 2.24) is 4.72 Å². The summed E-state index contributed by atoms with van der Waals surface area (Å²) in [5.41, 5.74) is 0. The highest BCUT2D eigenvalue weighted by Crippen LogP contribution is 2.21. The molecule has 0 heterocycles. The molecular formula is C9H9ClFNO3S. The van der Waals surface area contributed by atoms with Crippen LogP contribution in [0.1, 0.15) is 6.92 Å². The van der Waals surface area contributed by atoms with Crippen molar-refractivity contribution in [1.29, 1.82) is 0 Å². The van der Waals surface area contributed by atoms with E-state index in [2.05, 4.69) is 0 Å². The van der Waals surface area contributed by atoms with Crippen LogP contribution in [0.25, 0.3) is 0 Å². The Kier molecular flexibility index (Phi) is 4.01. The largest absolute Gasteiger partial charge is 0.299 e. The second kappa shape index (κ2) is 4.90. The second-order valence-corrected chi connectivity index (χ2v) is 5.24. The maximum absolute atomic E-state index is 12.9. The molecule has 88 valence electrons. The van der Waals surface area contributed by atoms with Crippen LogP contribution in [-0.4, -0.2) is 20.7 Å². The van der Waals surface area contributed by atoms with Crippen LogP contribution >= 0.6 is 11.6 Å². The molecule has 0 fully saturated rings. The molecule has 0 radical (unpaired) electrons. The Morgan fingerprint density at radius 1 is 1.50 bits per heavy atom. The number of ketones is 1. The van der Waals surface area contributed by atoms with E-state index in [0.717, 1.165) is 18.2 Å². The van der Waals surface area contributed by atoms with Crippen LogP contribution in [0.3, 0.4) is 0 Å². The van der Waals surface area contributed by atoms with Crippen molar-refractivity contribution in [3.05, 3.63) is 29.0 Å². The fourth-order valence-corrected chi connectivity index (χ4v) is 2.52. The number of carbonyl (C=O) groups excluding carboxylic acids is 1. The maximum Gasteiger partial charge on any atom is 0.242 e. The number of sulfonamides is 1. The zero-order valence-corrected chi connectivity index (χ0v) is 9.90.